The van der Waals surface area contributed by atoms with Crippen LogP contribution in [0.2, 0.25) is 0 Å². The van der Waals surface area contributed by atoms with Crippen LogP contribution in [-0.4, -0.2) is 17.7 Å². The number of para-hydroxylation sites is 1. The van der Waals surface area contributed by atoms with E-state index in [1.807, 2.05) is 0 Å². The molecule has 0 saturated heterocycles. The summed E-state index contributed by atoms with van der Waals surface area (Å²) in [6.07, 6.45) is 1.02. The highest BCUT2D eigenvalue weighted by Gasteiger charge is 2.12. The van der Waals surface area contributed by atoms with E-state index in [0.717, 1.165) is 6.20 Å². The van der Waals surface area contributed by atoms with Crippen LogP contribution in [0.5, 0.6) is 0 Å². The topological polar surface area (TPSA) is 137 Å². The number of hydrogen-bond acceptors (Lipinski definition) is 5. The summed E-state index contributed by atoms with van der Waals surface area (Å²) in [5.74, 6) is -1.43. The van der Waals surface area contributed by atoms with Crippen LogP contribution in [0.15, 0.2) is 60.3 Å². The highest BCUT2D eigenvalue weighted by atomic mass is 16.2. The number of anilines is 3. The summed E-state index contributed by atoms with van der Waals surface area (Å²) in [6, 6.07) is 14.5. The van der Waals surface area contributed by atoms with E-state index in [2.05, 4.69) is 16.0 Å². The molecule has 0 atom stereocenters. The molecule has 0 bridgehead atoms. The van der Waals surface area contributed by atoms with Gasteiger partial charge in [0.15, 0.2) is 0 Å². The molecule has 2 aromatic carbocycles. The van der Waals surface area contributed by atoms with E-state index in [1.165, 1.54) is 13.0 Å². The van der Waals surface area contributed by atoms with Gasteiger partial charge in [0.05, 0.1) is 5.56 Å². The predicted octanol–water partition coefficient (Wildman–Crippen LogP) is 2.00. The minimum absolute atomic E-state index is 0.212. The average molecular weight is 363 g/mol. The number of rotatable bonds is 5. The summed E-state index contributed by atoms with van der Waals surface area (Å²) in [5.41, 5.74) is 6.94. The maximum absolute atomic E-state index is 12.2. The number of carbonyl (C=O) groups excluding carboxylic acids is 3. The van der Waals surface area contributed by atoms with Crippen molar-refractivity contribution >= 4 is 34.8 Å². The third-order valence-corrected chi connectivity index (χ3v) is 3.38. The molecule has 2 aromatic rings. The van der Waals surface area contributed by atoms with Gasteiger partial charge in [-0.3, -0.25) is 14.4 Å². The number of nitriles is 1. The Morgan fingerprint density at radius 2 is 1.59 bits per heavy atom. The van der Waals surface area contributed by atoms with Crippen LogP contribution in [0.4, 0.5) is 17.1 Å². The van der Waals surface area contributed by atoms with Gasteiger partial charge in [0.25, 0.3) is 11.8 Å². The van der Waals surface area contributed by atoms with Crippen LogP contribution in [-0.2, 0) is 9.59 Å². The van der Waals surface area contributed by atoms with Gasteiger partial charge in [0.1, 0.15) is 11.6 Å². The molecule has 3 amide bonds. The second-order valence-corrected chi connectivity index (χ2v) is 5.44. The molecule has 0 spiro atoms. The van der Waals surface area contributed by atoms with Crippen molar-refractivity contribution in [3.05, 3.63) is 65.9 Å². The van der Waals surface area contributed by atoms with E-state index in [1.54, 1.807) is 48.5 Å². The summed E-state index contributed by atoms with van der Waals surface area (Å²) >= 11 is 0. The van der Waals surface area contributed by atoms with Crippen molar-refractivity contribution in [2.45, 2.75) is 6.92 Å². The van der Waals surface area contributed by atoms with Crippen LogP contribution in [0.1, 0.15) is 17.3 Å². The van der Waals surface area contributed by atoms with Crippen molar-refractivity contribution < 1.29 is 14.4 Å². The Morgan fingerprint density at radius 3 is 2.15 bits per heavy atom. The van der Waals surface area contributed by atoms with Gasteiger partial charge in [-0.15, -0.1) is 0 Å². The van der Waals surface area contributed by atoms with E-state index in [0.29, 0.717) is 11.4 Å². The predicted molar refractivity (Wildman–Crippen MR) is 101 cm³/mol. The normalized spacial score (nSPS) is 10.4. The third kappa shape index (κ3) is 5.44. The molecule has 27 heavy (non-hydrogen) atoms. The fraction of sp³-hybridized carbons (Fsp3) is 0.0526. The first-order chi connectivity index (χ1) is 12.9. The first-order valence-electron chi connectivity index (χ1n) is 7.85. The lowest BCUT2D eigenvalue weighted by atomic mass is 10.1. The number of nitrogens with two attached hydrogens (primary N) is 1. The largest absolute Gasteiger partial charge is 0.398 e. The lowest BCUT2D eigenvalue weighted by Gasteiger charge is -2.07. The zero-order chi connectivity index (χ0) is 19.8. The number of carbonyl (C=O) groups is 3. The molecule has 8 nitrogen and oxygen atoms in total. The van der Waals surface area contributed by atoms with E-state index in [4.69, 9.17) is 11.0 Å². The SMILES string of the molecule is CC(=O)Nc1ccc(NC(=O)/C(C#N)=C\NC(=O)c2ccccc2N)cc1. The number of hydrogen-bond donors (Lipinski definition) is 4. The van der Waals surface area contributed by atoms with Crippen LogP contribution in [0.3, 0.4) is 0 Å². The first-order valence-corrected chi connectivity index (χ1v) is 7.85. The minimum atomic E-state index is -0.689. The number of amides is 3. The highest BCUT2D eigenvalue weighted by molar-refractivity contribution is 6.07. The molecule has 2 rings (SSSR count). The molecule has 5 N–H and O–H groups in total. The maximum Gasteiger partial charge on any atom is 0.267 e. The summed E-state index contributed by atoms with van der Waals surface area (Å²) in [4.78, 5) is 35.2. The second kappa shape index (κ2) is 8.82. The Hall–Kier alpha value is -4.12. The van der Waals surface area contributed by atoms with Crippen molar-refractivity contribution in [3.63, 3.8) is 0 Å². The van der Waals surface area contributed by atoms with Crippen molar-refractivity contribution in [3.8, 4) is 6.07 Å². The molecule has 0 heterocycles. The zero-order valence-corrected chi connectivity index (χ0v) is 14.4. The number of nitrogens with zero attached hydrogens (tertiary/aromatic N) is 1. The highest BCUT2D eigenvalue weighted by Crippen LogP contribution is 2.14. The monoisotopic (exact) mass is 363 g/mol. The van der Waals surface area contributed by atoms with Crippen molar-refractivity contribution in [1.29, 1.82) is 5.26 Å². The van der Waals surface area contributed by atoms with Gasteiger partial charge in [-0.1, -0.05) is 12.1 Å². The maximum atomic E-state index is 12.2. The molecule has 136 valence electrons. The fourth-order valence-corrected chi connectivity index (χ4v) is 2.11. The molecule has 0 radical (unpaired) electrons. The molecular weight excluding hydrogens is 346 g/mol. The number of nitrogens with one attached hydrogen (secondary N) is 3. The summed E-state index contributed by atoms with van der Waals surface area (Å²) < 4.78 is 0. The summed E-state index contributed by atoms with van der Waals surface area (Å²) in [6.45, 7) is 1.39. The molecule has 0 aromatic heterocycles. The molecule has 8 heteroatoms. The van der Waals surface area contributed by atoms with Gasteiger partial charge in [0, 0.05) is 30.2 Å². The van der Waals surface area contributed by atoms with E-state index in [-0.39, 0.29) is 22.7 Å². The van der Waals surface area contributed by atoms with Crippen molar-refractivity contribution in [1.82, 2.24) is 5.32 Å². The lowest BCUT2D eigenvalue weighted by molar-refractivity contribution is -0.114. The minimum Gasteiger partial charge on any atom is -0.398 e. The molecule has 0 fully saturated rings. The van der Waals surface area contributed by atoms with Crippen LogP contribution >= 0.6 is 0 Å². The zero-order valence-electron chi connectivity index (χ0n) is 14.4. The van der Waals surface area contributed by atoms with Gasteiger partial charge in [-0.2, -0.15) is 5.26 Å². The van der Waals surface area contributed by atoms with E-state index < -0.39 is 11.8 Å². The van der Waals surface area contributed by atoms with Gasteiger partial charge in [-0.25, -0.2) is 0 Å². The summed E-state index contributed by atoms with van der Waals surface area (Å²) in [5, 5.41) is 16.7. The third-order valence-electron chi connectivity index (χ3n) is 3.38. The van der Waals surface area contributed by atoms with Gasteiger partial charge in [0.2, 0.25) is 5.91 Å². The van der Waals surface area contributed by atoms with Crippen LogP contribution in [0.25, 0.3) is 0 Å². The van der Waals surface area contributed by atoms with Gasteiger partial charge < -0.3 is 21.7 Å². The fourth-order valence-electron chi connectivity index (χ4n) is 2.11. The van der Waals surface area contributed by atoms with E-state index >= 15 is 0 Å². The van der Waals surface area contributed by atoms with Gasteiger partial charge >= 0.3 is 0 Å². The molecule has 0 aliphatic heterocycles. The van der Waals surface area contributed by atoms with Crippen LogP contribution in [0, 0.1) is 11.3 Å². The van der Waals surface area contributed by atoms with Crippen molar-refractivity contribution in [2.75, 3.05) is 16.4 Å². The Kier molecular flexibility index (Phi) is 6.28. The molecule has 0 aliphatic carbocycles. The Labute approximate surface area is 155 Å². The van der Waals surface area contributed by atoms with Crippen molar-refractivity contribution in [2.24, 2.45) is 0 Å². The Bertz CT molecular complexity index is 943. The second-order valence-electron chi connectivity index (χ2n) is 5.44. The smallest absolute Gasteiger partial charge is 0.267 e. The quantitative estimate of drug-likeness (QED) is 0.366. The molecule has 0 aliphatic rings. The molecular formula is C19H17N5O3. The van der Waals surface area contributed by atoms with Gasteiger partial charge in [-0.05, 0) is 36.4 Å². The number of nitrogen functional groups attached to an aromatic ring is 1. The lowest BCUT2D eigenvalue weighted by Crippen LogP contribution is -2.22. The summed E-state index contributed by atoms with van der Waals surface area (Å²) in [7, 11) is 0. The molecule has 0 unspecified atom stereocenters. The Morgan fingerprint density at radius 1 is 1.00 bits per heavy atom. The van der Waals surface area contributed by atoms with Crippen LogP contribution < -0.4 is 21.7 Å². The Balaban J connectivity index is 2.04. The first kappa shape index (κ1) is 19.2. The number of benzene rings is 2. The molecule has 0 saturated carbocycles. The van der Waals surface area contributed by atoms with E-state index in [9.17, 15) is 14.4 Å². The standard InChI is InChI=1S/C19H17N5O3/c1-12(25)23-14-6-8-15(9-7-14)24-18(26)13(10-20)11-22-19(27)16-4-2-3-5-17(16)21/h2-9,11H,21H2,1H3,(H,22,27)(H,23,25)(H,24,26)/b13-11-. The average Bonchev–Trinajstić information content (AvgIpc) is 2.63.